The molecule has 0 bridgehead atoms. The van der Waals surface area contributed by atoms with E-state index in [4.69, 9.17) is 17.3 Å². The molecular formula is C14H21ClN2O. The van der Waals surface area contributed by atoms with Crippen LogP contribution in [0.15, 0.2) is 18.2 Å². The molecule has 0 radical (unpaired) electrons. The van der Waals surface area contributed by atoms with E-state index < -0.39 is 0 Å². The van der Waals surface area contributed by atoms with Gasteiger partial charge in [0, 0.05) is 23.2 Å². The van der Waals surface area contributed by atoms with Crippen molar-refractivity contribution in [2.45, 2.75) is 33.2 Å². The Morgan fingerprint density at radius 2 is 2.11 bits per heavy atom. The number of hydrogen-bond acceptors (Lipinski definition) is 2. The molecule has 0 heterocycles. The molecule has 3 N–H and O–H groups in total. The lowest BCUT2D eigenvalue weighted by atomic mass is 10.0. The minimum absolute atomic E-state index is 0.0101. The van der Waals surface area contributed by atoms with Crippen molar-refractivity contribution in [1.82, 2.24) is 5.32 Å². The molecule has 1 aromatic carbocycles. The number of rotatable bonds is 5. The van der Waals surface area contributed by atoms with E-state index in [0.717, 1.165) is 12.0 Å². The van der Waals surface area contributed by atoms with E-state index in [2.05, 4.69) is 19.2 Å². The number of carbonyl (C=O) groups excluding carboxylic acids is 1. The van der Waals surface area contributed by atoms with Crippen LogP contribution in [-0.2, 0) is 0 Å². The van der Waals surface area contributed by atoms with Gasteiger partial charge >= 0.3 is 0 Å². The number of aryl methyl sites for hydroxylation is 1. The van der Waals surface area contributed by atoms with E-state index >= 15 is 0 Å². The highest BCUT2D eigenvalue weighted by molar-refractivity contribution is 6.31. The third-order valence-corrected chi connectivity index (χ3v) is 3.05. The van der Waals surface area contributed by atoms with E-state index in [-0.39, 0.29) is 11.9 Å². The Kier molecular flexibility index (Phi) is 5.63. The molecule has 0 aliphatic heterocycles. The van der Waals surface area contributed by atoms with Gasteiger partial charge in [-0.3, -0.25) is 4.79 Å². The monoisotopic (exact) mass is 268 g/mol. The third kappa shape index (κ3) is 4.31. The highest BCUT2D eigenvalue weighted by Gasteiger charge is 2.15. The van der Waals surface area contributed by atoms with Gasteiger partial charge in [0.15, 0.2) is 0 Å². The number of hydrogen-bond donors (Lipinski definition) is 2. The van der Waals surface area contributed by atoms with Crippen LogP contribution >= 0.6 is 11.6 Å². The smallest absolute Gasteiger partial charge is 0.251 e. The van der Waals surface area contributed by atoms with E-state index in [1.807, 2.05) is 13.0 Å². The summed E-state index contributed by atoms with van der Waals surface area (Å²) in [5, 5.41) is 3.53. The van der Waals surface area contributed by atoms with Crippen LogP contribution in [0.5, 0.6) is 0 Å². The van der Waals surface area contributed by atoms with Gasteiger partial charge in [-0.15, -0.1) is 0 Å². The lowest BCUT2D eigenvalue weighted by Crippen LogP contribution is -2.41. The Hall–Kier alpha value is -1.06. The molecule has 0 aliphatic carbocycles. The highest BCUT2D eigenvalue weighted by atomic mass is 35.5. The first-order valence-corrected chi connectivity index (χ1v) is 6.59. The number of halogens is 1. The van der Waals surface area contributed by atoms with Gasteiger partial charge in [0.2, 0.25) is 0 Å². The third-order valence-electron chi connectivity index (χ3n) is 2.82. The van der Waals surface area contributed by atoms with Gasteiger partial charge in [-0.2, -0.15) is 0 Å². The van der Waals surface area contributed by atoms with Gasteiger partial charge in [-0.05, 0) is 37.0 Å². The average Bonchev–Trinajstić information content (AvgIpc) is 2.30. The Morgan fingerprint density at radius 1 is 1.44 bits per heavy atom. The summed E-state index contributed by atoms with van der Waals surface area (Å²) >= 11 is 5.91. The Morgan fingerprint density at radius 3 is 2.67 bits per heavy atom. The number of amides is 1. The van der Waals surface area contributed by atoms with Crippen LogP contribution in [0.4, 0.5) is 0 Å². The quantitative estimate of drug-likeness (QED) is 0.863. The van der Waals surface area contributed by atoms with E-state index in [9.17, 15) is 4.79 Å². The largest absolute Gasteiger partial charge is 0.348 e. The summed E-state index contributed by atoms with van der Waals surface area (Å²) < 4.78 is 0. The van der Waals surface area contributed by atoms with Gasteiger partial charge < -0.3 is 11.1 Å². The van der Waals surface area contributed by atoms with E-state index in [1.165, 1.54) is 0 Å². The maximum absolute atomic E-state index is 12.1. The number of carbonyl (C=O) groups is 1. The zero-order valence-electron chi connectivity index (χ0n) is 11.2. The first kappa shape index (κ1) is 15.0. The molecular weight excluding hydrogens is 248 g/mol. The van der Waals surface area contributed by atoms with Gasteiger partial charge in [-0.25, -0.2) is 0 Å². The number of nitrogens with two attached hydrogens (primary N) is 1. The van der Waals surface area contributed by atoms with Crippen molar-refractivity contribution in [1.29, 1.82) is 0 Å². The van der Waals surface area contributed by atoms with Crippen LogP contribution < -0.4 is 11.1 Å². The summed E-state index contributed by atoms with van der Waals surface area (Å²) in [7, 11) is 0. The van der Waals surface area contributed by atoms with Crippen molar-refractivity contribution in [2.24, 2.45) is 11.7 Å². The summed E-state index contributed by atoms with van der Waals surface area (Å²) in [6, 6.07) is 5.32. The fourth-order valence-electron chi connectivity index (χ4n) is 1.89. The molecule has 3 nitrogen and oxygen atoms in total. The molecule has 0 spiro atoms. The van der Waals surface area contributed by atoms with Gasteiger partial charge in [0.25, 0.3) is 5.91 Å². The van der Waals surface area contributed by atoms with Crippen LogP contribution in [-0.4, -0.2) is 18.5 Å². The molecule has 0 aliphatic rings. The minimum Gasteiger partial charge on any atom is -0.348 e. The Bertz CT molecular complexity index is 418. The molecule has 1 unspecified atom stereocenters. The maximum atomic E-state index is 12.1. The minimum atomic E-state index is -0.105. The second-order valence-corrected chi connectivity index (χ2v) is 5.43. The Balaban J connectivity index is 2.77. The van der Waals surface area contributed by atoms with Crippen molar-refractivity contribution in [2.75, 3.05) is 6.54 Å². The van der Waals surface area contributed by atoms with Crippen LogP contribution in [0.2, 0.25) is 5.02 Å². The standard InChI is InChI=1S/C14H21ClN2O/c1-9(2)6-12(8-16)17-14(18)13-7-11(15)5-4-10(13)3/h4-5,7,9,12H,6,8,16H2,1-3H3,(H,17,18). The average molecular weight is 269 g/mol. The van der Waals surface area contributed by atoms with Crippen LogP contribution in [0.1, 0.15) is 36.2 Å². The van der Waals surface area contributed by atoms with E-state index in [1.54, 1.807) is 12.1 Å². The van der Waals surface area contributed by atoms with E-state index in [0.29, 0.717) is 23.0 Å². The fraction of sp³-hybridized carbons (Fsp3) is 0.500. The zero-order valence-corrected chi connectivity index (χ0v) is 11.9. The number of nitrogens with one attached hydrogen (secondary N) is 1. The maximum Gasteiger partial charge on any atom is 0.251 e. The second kappa shape index (κ2) is 6.76. The van der Waals surface area contributed by atoms with Crippen LogP contribution in [0.3, 0.4) is 0 Å². The molecule has 100 valence electrons. The van der Waals surface area contributed by atoms with Crippen molar-refractivity contribution in [3.63, 3.8) is 0 Å². The molecule has 4 heteroatoms. The summed E-state index contributed by atoms with van der Waals surface area (Å²) in [6.45, 7) is 6.56. The molecule has 0 saturated heterocycles. The molecule has 1 amide bonds. The second-order valence-electron chi connectivity index (χ2n) is 4.99. The molecule has 0 aromatic heterocycles. The predicted molar refractivity (Wildman–Crippen MR) is 76.0 cm³/mol. The summed E-state index contributed by atoms with van der Waals surface area (Å²) in [5.74, 6) is 0.394. The summed E-state index contributed by atoms with van der Waals surface area (Å²) in [6.07, 6.45) is 0.877. The molecule has 0 saturated carbocycles. The van der Waals surface area contributed by atoms with Crippen molar-refractivity contribution >= 4 is 17.5 Å². The van der Waals surface area contributed by atoms with Gasteiger partial charge in [0.1, 0.15) is 0 Å². The first-order chi connectivity index (χ1) is 8.43. The lowest BCUT2D eigenvalue weighted by molar-refractivity contribution is 0.0933. The molecule has 18 heavy (non-hydrogen) atoms. The molecule has 1 atom stereocenters. The normalized spacial score (nSPS) is 12.6. The Labute approximate surface area is 114 Å². The SMILES string of the molecule is Cc1ccc(Cl)cc1C(=O)NC(CN)CC(C)C. The lowest BCUT2D eigenvalue weighted by Gasteiger charge is -2.19. The van der Waals surface area contributed by atoms with Gasteiger partial charge in [0.05, 0.1) is 0 Å². The topological polar surface area (TPSA) is 55.1 Å². The molecule has 1 rings (SSSR count). The molecule has 1 aromatic rings. The summed E-state index contributed by atoms with van der Waals surface area (Å²) in [5.41, 5.74) is 7.20. The number of benzene rings is 1. The fourth-order valence-corrected chi connectivity index (χ4v) is 2.06. The van der Waals surface area contributed by atoms with Crippen molar-refractivity contribution in [3.8, 4) is 0 Å². The first-order valence-electron chi connectivity index (χ1n) is 6.21. The molecule has 0 fully saturated rings. The summed E-state index contributed by atoms with van der Waals surface area (Å²) in [4.78, 5) is 12.1. The van der Waals surface area contributed by atoms with Gasteiger partial charge in [-0.1, -0.05) is 31.5 Å². The van der Waals surface area contributed by atoms with Crippen LogP contribution in [0.25, 0.3) is 0 Å². The van der Waals surface area contributed by atoms with Crippen molar-refractivity contribution in [3.05, 3.63) is 34.3 Å². The highest BCUT2D eigenvalue weighted by Crippen LogP contribution is 2.15. The van der Waals surface area contributed by atoms with Crippen LogP contribution in [0, 0.1) is 12.8 Å². The van der Waals surface area contributed by atoms with Crippen molar-refractivity contribution < 1.29 is 4.79 Å². The predicted octanol–water partition coefficient (Wildman–Crippen LogP) is 2.75. The zero-order chi connectivity index (χ0) is 13.7.